The highest BCUT2D eigenvalue weighted by molar-refractivity contribution is 14.1. The molecule has 1 saturated heterocycles. The zero-order valence-electron chi connectivity index (χ0n) is 9.46. The maximum absolute atomic E-state index is 12.1. The lowest BCUT2D eigenvalue weighted by molar-refractivity contribution is -0.0398. The summed E-state index contributed by atoms with van der Waals surface area (Å²) in [4.78, 5) is 12.1. The Labute approximate surface area is 114 Å². The van der Waals surface area contributed by atoms with Gasteiger partial charge in [0.05, 0.1) is 5.56 Å². The molecule has 0 amide bonds. The summed E-state index contributed by atoms with van der Waals surface area (Å²) < 4.78 is 6.80. The van der Waals surface area contributed by atoms with E-state index in [0.717, 1.165) is 47.0 Å². The van der Waals surface area contributed by atoms with Gasteiger partial charge in [0, 0.05) is 22.8 Å². The van der Waals surface area contributed by atoms with Crippen molar-refractivity contribution in [1.29, 1.82) is 0 Å². The molecule has 1 fully saturated rings. The molecule has 1 aromatic carbocycles. The molecule has 2 aliphatic heterocycles. The van der Waals surface area contributed by atoms with Crippen molar-refractivity contribution in [3.05, 3.63) is 32.9 Å². The molecule has 1 aromatic rings. The summed E-state index contributed by atoms with van der Waals surface area (Å²) in [7, 11) is 0. The molecule has 2 heterocycles. The molecule has 1 N–H and O–H groups in total. The van der Waals surface area contributed by atoms with Crippen molar-refractivity contribution in [2.24, 2.45) is 0 Å². The third-order valence-corrected chi connectivity index (χ3v) is 4.30. The maximum atomic E-state index is 12.1. The lowest BCUT2D eigenvalue weighted by Crippen LogP contribution is -2.49. The Morgan fingerprint density at radius 3 is 2.82 bits per heavy atom. The van der Waals surface area contributed by atoms with Crippen LogP contribution in [0.25, 0.3) is 0 Å². The van der Waals surface area contributed by atoms with Crippen molar-refractivity contribution in [2.75, 3.05) is 13.1 Å². The summed E-state index contributed by atoms with van der Waals surface area (Å²) in [5.41, 5.74) is 1.65. The van der Waals surface area contributed by atoms with Gasteiger partial charge in [0.15, 0.2) is 0 Å². The molecular formula is C13H14INO2. The van der Waals surface area contributed by atoms with Gasteiger partial charge in [0.25, 0.3) is 0 Å². The van der Waals surface area contributed by atoms with Gasteiger partial charge in [-0.25, -0.2) is 4.79 Å². The van der Waals surface area contributed by atoms with Gasteiger partial charge < -0.3 is 10.1 Å². The van der Waals surface area contributed by atoms with Crippen LogP contribution in [0.5, 0.6) is 0 Å². The SMILES string of the molecule is O=C1OC2(CCNCC2)Cc2ccc(I)cc21. The molecule has 0 bridgehead atoms. The van der Waals surface area contributed by atoms with Crippen LogP contribution in [0.2, 0.25) is 0 Å². The number of nitrogens with one attached hydrogen (secondary N) is 1. The average Bonchev–Trinajstić information content (AvgIpc) is 2.31. The van der Waals surface area contributed by atoms with Crippen LogP contribution >= 0.6 is 22.6 Å². The van der Waals surface area contributed by atoms with Crippen molar-refractivity contribution in [2.45, 2.75) is 24.9 Å². The van der Waals surface area contributed by atoms with Crippen LogP contribution in [-0.4, -0.2) is 24.7 Å². The van der Waals surface area contributed by atoms with E-state index >= 15 is 0 Å². The van der Waals surface area contributed by atoms with Gasteiger partial charge in [-0.15, -0.1) is 0 Å². The van der Waals surface area contributed by atoms with E-state index in [0.29, 0.717) is 0 Å². The summed E-state index contributed by atoms with van der Waals surface area (Å²) in [5, 5.41) is 3.31. The lowest BCUT2D eigenvalue weighted by Gasteiger charge is -2.40. The molecule has 17 heavy (non-hydrogen) atoms. The summed E-state index contributed by atoms with van der Waals surface area (Å²) in [6.07, 6.45) is 2.71. The molecule has 0 radical (unpaired) electrons. The molecule has 0 atom stereocenters. The van der Waals surface area contributed by atoms with Gasteiger partial charge in [-0.2, -0.15) is 0 Å². The van der Waals surface area contributed by atoms with E-state index in [9.17, 15) is 4.79 Å². The minimum Gasteiger partial charge on any atom is -0.455 e. The summed E-state index contributed by atoms with van der Waals surface area (Å²) in [5.74, 6) is -0.147. The van der Waals surface area contributed by atoms with Crippen LogP contribution in [0, 0.1) is 3.57 Å². The number of halogens is 1. The highest BCUT2D eigenvalue weighted by Gasteiger charge is 2.41. The first-order valence-corrected chi connectivity index (χ1v) is 6.99. The molecule has 90 valence electrons. The third kappa shape index (κ3) is 2.08. The van der Waals surface area contributed by atoms with Crippen LogP contribution in [-0.2, 0) is 11.2 Å². The lowest BCUT2D eigenvalue weighted by atomic mass is 9.82. The molecule has 3 nitrogen and oxygen atoms in total. The number of piperidine rings is 1. The summed E-state index contributed by atoms with van der Waals surface area (Å²) >= 11 is 2.22. The van der Waals surface area contributed by atoms with E-state index in [-0.39, 0.29) is 11.6 Å². The summed E-state index contributed by atoms with van der Waals surface area (Å²) in [6.45, 7) is 1.87. The number of esters is 1. The van der Waals surface area contributed by atoms with Gasteiger partial charge in [0.1, 0.15) is 5.60 Å². The number of hydrogen-bond donors (Lipinski definition) is 1. The number of rotatable bonds is 0. The highest BCUT2D eigenvalue weighted by Crippen LogP contribution is 2.34. The number of hydrogen-bond acceptors (Lipinski definition) is 3. The normalized spacial score (nSPS) is 22.1. The zero-order chi connectivity index (χ0) is 11.9. The van der Waals surface area contributed by atoms with Crippen LogP contribution in [0.3, 0.4) is 0 Å². The van der Waals surface area contributed by atoms with E-state index in [4.69, 9.17) is 4.74 Å². The predicted octanol–water partition coefficient (Wildman–Crippen LogP) is 2.13. The third-order valence-electron chi connectivity index (χ3n) is 3.63. The van der Waals surface area contributed by atoms with Crippen LogP contribution in [0.4, 0.5) is 0 Å². The fourth-order valence-corrected chi connectivity index (χ4v) is 3.18. The minimum absolute atomic E-state index is 0.147. The second kappa shape index (κ2) is 4.24. The maximum Gasteiger partial charge on any atom is 0.339 e. The summed E-state index contributed by atoms with van der Waals surface area (Å²) in [6, 6.07) is 6.06. The van der Waals surface area contributed by atoms with E-state index in [1.54, 1.807) is 0 Å². The molecule has 0 unspecified atom stereocenters. The van der Waals surface area contributed by atoms with Crippen molar-refractivity contribution in [3.8, 4) is 0 Å². The Kier molecular flexibility index (Phi) is 2.86. The number of benzene rings is 1. The van der Waals surface area contributed by atoms with E-state index < -0.39 is 0 Å². The van der Waals surface area contributed by atoms with Gasteiger partial charge in [-0.1, -0.05) is 6.07 Å². The molecular weight excluding hydrogens is 329 g/mol. The molecule has 3 rings (SSSR count). The van der Waals surface area contributed by atoms with Crippen molar-refractivity contribution >= 4 is 28.6 Å². The molecule has 0 aromatic heterocycles. The predicted molar refractivity (Wildman–Crippen MR) is 73.1 cm³/mol. The molecule has 0 saturated carbocycles. The van der Waals surface area contributed by atoms with Crippen molar-refractivity contribution in [3.63, 3.8) is 0 Å². The average molecular weight is 343 g/mol. The first-order chi connectivity index (χ1) is 8.19. The number of carbonyl (C=O) groups is 1. The van der Waals surface area contributed by atoms with Crippen molar-refractivity contribution in [1.82, 2.24) is 5.32 Å². The van der Waals surface area contributed by atoms with Gasteiger partial charge in [0.2, 0.25) is 0 Å². The Morgan fingerprint density at radius 2 is 2.06 bits per heavy atom. The fourth-order valence-electron chi connectivity index (χ4n) is 2.69. The first-order valence-electron chi connectivity index (χ1n) is 5.91. The standard InChI is InChI=1S/C13H14INO2/c14-10-2-1-9-8-13(3-5-15-6-4-13)17-12(16)11(9)7-10/h1-2,7,15H,3-6,8H2. The van der Waals surface area contributed by atoms with E-state index in [1.165, 1.54) is 0 Å². The Hall–Kier alpha value is -0.620. The fraction of sp³-hybridized carbons (Fsp3) is 0.462. The second-order valence-electron chi connectivity index (χ2n) is 4.80. The second-order valence-corrected chi connectivity index (χ2v) is 6.05. The number of fused-ring (bicyclic) bond motifs is 1. The first kappa shape index (κ1) is 11.5. The van der Waals surface area contributed by atoms with Crippen LogP contribution in [0.1, 0.15) is 28.8 Å². The van der Waals surface area contributed by atoms with Crippen LogP contribution < -0.4 is 5.32 Å². The quantitative estimate of drug-likeness (QED) is 0.579. The zero-order valence-corrected chi connectivity index (χ0v) is 11.6. The Bertz CT molecular complexity index is 466. The van der Waals surface area contributed by atoms with Gasteiger partial charge >= 0.3 is 5.97 Å². The van der Waals surface area contributed by atoms with E-state index in [2.05, 4.69) is 40.0 Å². The smallest absolute Gasteiger partial charge is 0.339 e. The Morgan fingerprint density at radius 1 is 1.29 bits per heavy atom. The monoisotopic (exact) mass is 343 g/mol. The number of ether oxygens (including phenoxy) is 1. The number of carbonyl (C=O) groups excluding carboxylic acids is 1. The highest BCUT2D eigenvalue weighted by atomic mass is 127. The molecule has 0 aliphatic carbocycles. The van der Waals surface area contributed by atoms with Gasteiger partial charge in [-0.05, 0) is 53.4 Å². The molecule has 2 aliphatic rings. The Balaban J connectivity index is 1.97. The van der Waals surface area contributed by atoms with Crippen molar-refractivity contribution < 1.29 is 9.53 Å². The van der Waals surface area contributed by atoms with Crippen LogP contribution in [0.15, 0.2) is 18.2 Å². The minimum atomic E-state index is -0.248. The molecule has 4 heteroatoms. The largest absolute Gasteiger partial charge is 0.455 e. The molecule has 1 spiro atoms. The van der Waals surface area contributed by atoms with E-state index in [1.807, 2.05) is 6.07 Å². The topological polar surface area (TPSA) is 38.3 Å². The van der Waals surface area contributed by atoms with Gasteiger partial charge in [-0.3, -0.25) is 0 Å².